The first-order valence-electron chi connectivity index (χ1n) is 21.9. The standard InChI is InChI=1S/C56H58N2O/c1-32(2)41-19-16-22-49-52(41)58(51-45(33(3)4)28-38(29-46(51)34(5)6)37-25-39(55(7,8)9)30-40(26-37)56(10,11)12)54(57-49)44-21-15-20-43-48-27-36-24-23-35-17-13-14-18-42(35)47(36)31-50(48)59-53(43)44/h13-34H,1-12H3/i32D. The molecule has 0 saturated carbocycles. The van der Waals surface area contributed by atoms with Crippen molar-refractivity contribution in [1.82, 2.24) is 9.55 Å². The van der Waals surface area contributed by atoms with E-state index in [1.807, 2.05) is 13.8 Å². The third kappa shape index (κ3) is 6.54. The van der Waals surface area contributed by atoms with Gasteiger partial charge in [-0.25, -0.2) is 4.98 Å². The molecule has 0 aliphatic rings. The van der Waals surface area contributed by atoms with Crippen molar-refractivity contribution in [1.29, 1.82) is 0 Å². The molecule has 0 bridgehead atoms. The Morgan fingerprint density at radius 3 is 1.81 bits per heavy atom. The molecule has 2 aromatic heterocycles. The van der Waals surface area contributed by atoms with Gasteiger partial charge in [0.1, 0.15) is 17.0 Å². The quantitative estimate of drug-likeness (QED) is 0.158. The zero-order chi connectivity index (χ0) is 42.6. The Labute approximate surface area is 351 Å². The first-order chi connectivity index (χ1) is 28.3. The number of hydrogen-bond donors (Lipinski definition) is 0. The number of benzene rings is 7. The number of fused-ring (bicyclic) bond motifs is 7. The molecule has 59 heavy (non-hydrogen) atoms. The van der Waals surface area contributed by atoms with E-state index in [1.165, 1.54) is 54.9 Å². The van der Waals surface area contributed by atoms with Crippen LogP contribution in [0.4, 0.5) is 0 Å². The smallest absolute Gasteiger partial charge is 0.149 e. The molecule has 0 atom stereocenters. The highest BCUT2D eigenvalue weighted by Crippen LogP contribution is 2.45. The fraction of sp³-hybridized carbons (Fsp3) is 0.304. The summed E-state index contributed by atoms with van der Waals surface area (Å²) in [6, 6.07) is 42.3. The summed E-state index contributed by atoms with van der Waals surface area (Å²) in [6.45, 7) is 27.1. The van der Waals surface area contributed by atoms with Crippen molar-refractivity contribution in [2.45, 2.75) is 112 Å². The van der Waals surface area contributed by atoms with Crippen LogP contribution in [0.15, 0.2) is 120 Å². The molecule has 9 rings (SSSR count). The average Bonchev–Trinajstić information content (AvgIpc) is 3.76. The zero-order valence-corrected chi connectivity index (χ0v) is 36.9. The second-order valence-corrected chi connectivity index (χ2v) is 19.7. The third-order valence-electron chi connectivity index (χ3n) is 12.5. The highest BCUT2D eigenvalue weighted by atomic mass is 16.3. The van der Waals surface area contributed by atoms with Gasteiger partial charge in [-0.3, -0.25) is 4.57 Å². The van der Waals surface area contributed by atoms with Crippen molar-refractivity contribution in [2.24, 2.45) is 0 Å². The number of aromatic nitrogens is 2. The summed E-state index contributed by atoms with van der Waals surface area (Å²) in [7, 11) is 0. The van der Waals surface area contributed by atoms with Crippen molar-refractivity contribution in [3.63, 3.8) is 0 Å². The lowest BCUT2D eigenvalue weighted by Crippen LogP contribution is -2.16. The van der Waals surface area contributed by atoms with Crippen LogP contribution in [0.25, 0.3) is 82.7 Å². The maximum Gasteiger partial charge on any atom is 0.149 e. The first kappa shape index (κ1) is 37.6. The summed E-state index contributed by atoms with van der Waals surface area (Å²) in [5, 5.41) is 6.96. The molecule has 0 N–H and O–H groups in total. The first-order valence-corrected chi connectivity index (χ1v) is 21.4. The van der Waals surface area contributed by atoms with Gasteiger partial charge in [0.15, 0.2) is 0 Å². The van der Waals surface area contributed by atoms with Crippen molar-refractivity contribution in [3.8, 4) is 28.2 Å². The number of rotatable bonds is 6. The molecule has 3 nitrogen and oxygen atoms in total. The van der Waals surface area contributed by atoms with Crippen LogP contribution in [0.2, 0.25) is 0 Å². The lowest BCUT2D eigenvalue weighted by molar-refractivity contribution is 0.569. The van der Waals surface area contributed by atoms with Crippen LogP contribution in [-0.4, -0.2) is 9.55 Å². The Morgan fingerprint density at radius 2 is 1.17 bits per heavy atom. The van der Waals surface area contributed by atoms with E-state index in [0.717, 1.165) is 55.6 Å². The lowest BCUT2D eigenvalue weighted by atomic mass is 9.78. The minimum atomic E-state index is -0.879. The topological polar surface area (TPSA) is 31.0 Å². The Balaban J connectivity index is 1.38. The van der Waals surface area contributed by atoms with E-state index < -0.39 is 5.89 Å². The van der Waals surface area contributed by atoms with Gasteiger partial charge in [0.2, 0.25) is 0 Å². The van der Waals surface area contributed by atoms with Crippen molar-refractivity contribution >= 4 is 54.5 Å². The van der Waals surface area contributed by atoms with Crippen molar-refractivity contribution in [2.75, 3.05) is 0 Å². The van der Waals surface area contributed by atoms with Gasteiger partial charge in [0.25, 0.3) is 0 Å². The van der Waals surface area contributed by atoms with Crippen molar-refractivity contribution < 1.29 is 5.79 Å². The molecular formula is C56H58N2O. The summed E-state index contributed by atoms with van der Waals surface area (Å²) in [6.07, 6.45) is 0. The van der Waals surface area contributed by atoms with Gasteiger partial charge in [-0.1, -0.05) is 162 Å². The van der Waals surface area contributed by atoms with E-state index in [0.29, 0.717) is 0 Å². The van der Waals surface area contributed by atoms with Crippen LogP contribution in [0.1, 0.15) is 130 Å². The van der Waals surface area contributed by atoms with E-state index >= 15 is 0 Å². The molecule has 0 aliphatic carbocycles. The molecular weight excluding hydrogens is 717 g/mol. The predicted molar refractivity (Wildman–Crippen MR) is 254 cm³/mol. The summed E-state index contributed by atoms with van der Waals surface area (Å²) in [5.74, 6) is 0.324. The van der Waals surface area contributed by atoms with E-state index in [9.17, 15) is 1.37 Å². The molecule has 2 heterocycles. The third-order valence-corrected chi connectivity index (χ3v) is 12.5. The Hall–Kier alpha value is -5.67. The van der Waals surface area contributed by atoms with Crippen LogP contribution in [0, 0.1) is 0 Å². The molecule has 3 heteroatoms. The highest BCUT2D eigenvalue weighted by molar-refractivity contribution is 6.17. The zero-order valence-electron chi connectivity index (χ0n) is 37.9. The highest BCUT2D eigenvalue weighted by Gasteiger charge is 2.28. The number of nitrogens with zero attached hydrogens (tertiary/aromatic N) is 2. The molecule has 298 valence electrons. The Bertz CT molecular complexity index is 3090. The Morgan fingerprint density at radius 1 is 0.559 bits per heavy atom. The van der Waals surface area contributed by atoms with Gasteiger partial charge in [-0.15, -0.1) is 0 Å². The number of furan rings is 1. The summed E-state index contributed by atoms with van der Waals surface area (Å²) in [4.78, 5) is 5.53. The largest absolute Gasteiger partial charge is 0.455 e. The maximum absolute atomic E-state index is 9.46. The van der Waals surface area contributed by atoms with Gasteiger partial charge < -0.3 is 4.42 Å². The second-order valence-electron chi connectivity index (χ2n) is 19.7. The number of imidazole rings is 1. The van der Waals surface area contributed by atoms with Gasteiger partial charge in [0, 0.05) is 12.1 Å². The fourth-order valence-corrected chi connectivity index (χ4v) is 9.05. The van der Waals surface area contributed by atoms with E-state index in [1.54, 1.807) is 0 Å². The van der Waals surface area contributed by atoms with Crippen LogP contribution < -0.4 is 0 Å². The van der Waals surface area contributed by atoms with Crippen LogP contribution >= 0.6 is 0 Å². The molecule has 0 saturated heterocycles. The second kappa shape index (κ2) is 14.0. The summed E-state index contributed by atoms with van der Waals surface area (Å²) < 4.78 is 18.9. The Kier molecular flexibility index (Phi) is 8.90. The van der Waals surface area contributed by atoms with Crippen LogP contribution in [0.5, 0.6) is 0 Å². The lowest BCUT2D eigenvalue weighted by Gasteiger charge is -2.28. The van der Waals surface area contributed by atoms with E-state index in [2.05, 4.69) is 189 Å². The average molecular weight is 776 g/mol. The molecule has 0 radical (unpaired) electrons. The fourth-order valence-electron chi connectivity index (χ4n) is 9.05. The monoisotopic (exact) mass is 775 g/mol. The maximum atomic E-state index is 9.46. The molecule has 0 fully saturated rings. The molecule has 9 aromatic rings. The van der Waals surface area contributed by atoms with Crippen LogP contribution in [-0.2, 0) is 10.8 Å². The van der Waals surface area contributed by atoms with Gasteiger partial charge in [0.05, 0.1) is 22.3 Å². The number of para-hydroxylation sites is 2. The van der Waals surface area contributed by atoms with Gasteiger partial charge >= 0.3 is 0 Å². The summed E-state index contributed by atoms with van der Waals surface area (Å²) >= 11 is 0. The van der Waals surface area contributed by atoms with E-state index in [4.69, 9.17) is 9.40 Å². The molecule has 7 aromatic carbocycles. The predicted octanol–water partition coefficient (Wildman–Crippen LogP) is 16.5. The normalized spacial score (nSPS) is 13.3. The minimum Gasteiger partial charge on any atom is -0.455 e. The molecule has 0 unspecified atom stereocenters. The number of hydrogen-bond acceptors (Lipinski definition) is 2. The van der Waals surface area contributed by atoms with E-state index in [-0.39, 0.29) is 22.7 Å². The SMILES string of the molecule is [2H]C(C)(C)c1cccc2nc(-c3cccc4c3oc3cc5c(ccc6ccccc65)cc34)n(-c3c(C(C)C)cc(-c4cc(C(C)(C)C)cc(C(C)(C)C)c4)cc3C(C)C)c12. The minimum absolute atomic E-state index is 0.0000156. The summed E-state index contributed by atoms with van der Waals surface area (Å²) in [5.41, 5.74) is 14.2. The van der Waals surface area contributed by atoms with Gasteiger partial charge in [-0.2, -0.15) is 0 Å². The molecule has 0 aliphatic heterocycles. The van der Waals surface area contributed by atoms with Crippen molar-refractivity contribution in [3.05, 3.63) is 143 Å². The van der Waals surface area contributed by atoms with Gasteiger partial charge in [-0.05, 0) is 125 Å². The van der Waals surface area contributed by atoms with Crippen LogP contribution in [0.3, 0.4) is 0 Å². The molecule has 0 amide bonds. The molecule has 0 spiro atoms.